The summed E-state index contributed by atoms with van der Waals surface area (Å²) < 4.78 is 1.16. The molecule has 2 rings (SSSR count). The van der Waals surface area contributed by atoms with Crippen LogP contribution in [-0.4, -0.2) is 5.91 Å². The third-order valence-electron chi connectivity index (χ3n) is 2.15. The van der Waals surface area contributed by atoms with Gasteiger partial charge in [0.05, 0.1) is 0 Å². The lowest BCUT2D eigenvalue weighted by Gasteiger charge is -2.02. The molecule has 0 radical (unpaired) electrons. The number of hydrogen-bond acceptors (Lipinski definition) is 1. The smallest absolute Gasteiger partial charge is 0.252 e. The summed E-state index contributed by atoms with van der Waals surface area (Å²) in [6, 6.07) is 4.07. The Hall–Kier alpha value is -0.580. The van der Waals surface area contributed by atoms with Crippen LogP contribution >= 0.6 is 22.6 Å². The predicted molar refractivity (Wildman–Crippen MR) is 55.1 cm³/mol. The van der Waals surface area contributed by atoms with Crippen molar-refractivity contribution in [3.63, 3.8) is 0 Å². The van der Waals surface area contributed by atoms with E-state index < -0.39 is 0 Å². The van der Waals surface area contributed by atoms with Crippen molar-refractivity contribution in [3.8, 4) is 0 Å². The van der Waals surface area contributed by atoms with Crippen molar-refractivity contribution in [2.24, 2.45) is 0 Å². The number of amides is 1. The van der Waals surface area contributed by atoms with E-state index in [2.05, 4.69) is 34.0 Å². The molecule has 1 N–H and O–H groups in total. The first-order valence-electron chi connectivity index (χ1n) is 3.76. The second-order valence-electron chi connectivity index (χ2n) is 2.89. The second-order valence-corrected chi connectivity index (χ2v) is 4.05. The number of halogens is 1. The molecule has 1 heterocycles. The van der Waals surface area contributed by atoms with Gasteiger partial charge in [-0.2, -0.15) is 0 Å². The van der Waals surface area contributed by atoms with Crippen LogP contribution < -0.4 is 5.32 Å². The number of nitrogens with one attached hydrogen (secondary N) is 1. The maximum atomic E-state index is 11.3. The van der Waals surface area contributed by atoms with E-state index in [4.69, 9.17) is 0 Å². The lowest BCUT2D eigenvalue weighted by molar-refractivity contribution is 0.0965. The van der Waals surface area contributed by atoms with Crippen molar-refractivity contribution in [2.75, 3.05) is 0 Å². The minimum absolute atomic E-state index is 0.0704. The largest absolute Gasteiger partial charge is 0.348 e. The Bertz CT molecular complexity index is 360. The molecule has 0 spiro atoms. The van der Waals surface area contributed by atoms with Crippen molar-refractivity contribution < 1.29 is 4.79 Å². The number of fused-ring (bicyclic) bond motifs is 1. The molecule has 0 unspecified atom stereocenters. The highest BCUT2D eigenvalue weighted by Gasteiger charge is 2.21. The molecule has 0 bridgehead atoms. The highest BCUT2D eigenvalue weighted by Crippen LogP contribution is 2.23. The normalized spacial score (nSPS) is 14.3. The van der Waals surface area contributed by atoms with E-state index >= 15 is 0 Å². The minimum Gasteiger partial charge on any atom is -0.348 e. The van der Waals surface area contributed by atoms with Crippen LogP contribution in [0.2, 0.25) is 0 Å². The van der Waals surface area contributed by atoms with E-state index in [0.29, 0.717) is 6.54 Å². The van der Waals surface area contributed by atoms with E-state index in [9.17, 15) is 4.79 Å². The minimum atomic E-state index is 0.0704. The van der Waals surface area contributed by atoms with Gasteiger partial charge in [0.15, 0.2) is 0 Å². The maximum Gasteiger partial charge on any atom is 0.252 e. The van der Waals surface area contributed by atoms with Gasteiger partial charge in [-0.25, -0.2) is 0 Å². The fourth-order valence-electron chi connectivity index (χ4n) is 1.47. The molecule has 1 aromatic carbocycles. The summed E-state index contributed by atoms with van der Waals surface area (Å²) in [5.74, 6) is 0.0704. The zero-order valence-electron chi connectivity index (χ0n) is 6.65. The molecule has 1 aliphatic rings. The molecular weight excluding hydrogens is 265 g/mol. The summed E-state index contributed by atoms with van der Waals surface area (Å²) in [5, 5.41) is 2.81. The molecule has 0 aliphatic carbocycles. The quantitative estimate of drug-likeness (QED) is 0.718. The molecule has 1 aromatic rings. The van der Waals surface area contributed by atoms with Gasteiger partial charge in [0.25, 0.3) is 5.91 Å². The zero-order chi connectivity index (χ0) is 8.72. The predicted octanol–water partition coefficient (Wildman–Crippen LogP) is 1.84. The van der Waals surface area contributed by atoms with Gasteiger partial charge in [-0.1, -0.05) is 6.07 Å². The van der Waals surface area contributed by atoms with Crippen LogP contribution in [-0.2, 0) is 6.54 Å². The lowest BCUT2D eigenvalue weighted by atomic mass is 10.0. The number of carbonyl (C=O) groups is 1. The molecule has 0 saturated carbocycles. The summed E-state index contributed by atoms with van der Waals surface area (Å²) in [4.78, 5) is 11.3. The summed E-state index contributed by atoms with van der Waals surface area (Å²) in [6.07, 6.45) is 0. The van der Waals surface area contributed by atoms with Gasteiger partial charge in [-0.15, -0.1) is 0 Å². The van der Waals surface area contributed by atoms with E-state index in [1.165, 1.54) is 0 Å². The topological polar surface area (TPSA) is 29.1 Å². The third-order valence-corrected chi connectivity index (χ3v) is 3.32. The SMILES string of the molecule is Cc1c(I)ccc2c1C(=O)NC2. The maximum absolute atomic E-state index is 11.3. The third kappa shape index (κ3) is 1.03. The molecule has 62 valence electrons. The van der Waals surface area contributed by atoms with E-state index in [-0.39, 0.29) is 5.91 Å². The second kappa shape index (κ2) is 2.73. The Kier molecular flexibility index (Phi) is 1.83. The van der Waals surface area contributed by atoms with Crippen LogP contribution in [0.1, 0.15) is 21.5 Å². The first-order valence-corrected chi connectivity index (χ1v) is 4.84. The average Bonchev–Trinajstić information content (AvgIpc) is 2.41. The average molecular weight is 273 g/mol. The highest BCUT2D eigenvalue weighted by molar-refractivity contribution is 14.1. The standard InChI is InChI=1S/C9H8INO/c1-5-7(10)3-2-6-4-11-9(12)8(5)6/h2-3H,4H2,1H3,(H,11,12). The van der Waals surface area contributed by atoms with E-state index in [1.807, 2.05) is 13.0 Å². The summed E-state index contributed by atoms with van der Waals surface area (Å²) >= 11 is 2.25. The molecule has 12 heavy (non-hydrogen) atoms. The van der Waals surface area contributed by atoms with Gasteiger partial charge in [-0.05, 0) is 46.7 Å². The molecule has 0 saturated heterocycles. The fraction of sp³-hybridized carbons (Fsp3) is 0.222. The van der Waals surface area contributed by atoms with Crippen molar-refractivity contribution in [2.45, 2.75) is 13.5 Å². The van der Waals surface area contributed by atoms with Gasteiger partial charge >= 0.3 is 0 Å². The molecule has 3 heteroatoms. The summed E-state index contributed by atoms with van der Waals surface area (Å²) in [7, 11) is 0. The zero-order valence-corrected chi connectivity index (χ0v) is 8.81. The molecule has 1 aliphatic heterocycles. The van der Waals surface area contributed by atoms with Gasteiger partial charge in [0, 0.05) is 15.7 Å². The summed E-state index contributed by atoms with van der Waals surface area (Å²) in [5.41, 5.74) is 3.10. The first-order chi connectivity index (χ1) is 5.70. The molecule has 2 nitrogen and oxygen atoms in total. The fourth-order valence-corrected chi connectivity index (χ4v) is 1.92. The lowest BCUT2D eigenvalue weighted by Crippen LogP contribution is -2.13. The van der Waals surface area contributed by atoms with Crippen LogP contribution in [0.4, 0.5) is 0 Å². The van der Waals surface area contributed by atoms with Gasteiger partial charge < -0.3 is 5.32 Å². The van der Waals surface area contributed by atoms with Gasteiger partial charge in [0.2, 0.25) is 0 Å². The molecule has 0 atom stereocenters. The molecular formula is C9H8INO. The van der Waals surface area contributed by atoms with Gasteiger partial charge in [0.1, 0.15) is 0 Å². The Morgan fingerprint density at radius 1 is 1.50 bits per heavy atom. The molecule has 1 amide bonds. The Morgan fingerprint density at radius 3 is 3.00 bits per heavy atom. The van der Waals surface area contributed by atoms with Gasteiger partial charge in [-0.3, -0.25) is 4.79 Å². The number of carbonyl (C=O) groups excluding carboxylic acids is 1. The van der Waals surface area contributed by atoms with E-state index in [0.717, 1.165) is 20.3 Å². The van der Waals surface area contributed by atoms with Crippen LogP contribution in [0.3, 0.4) is 0 Å². The van der Waals surface area contributed by atoms with Crippen molar-refractivity contribution in [3.05, 3.63) is 32.4 Å². The summed E-state index contributed by atoms with van der Waals surface area (Å²) in [6.45, 7) is 2.68. The molecule has 0 fully saturated rings. The first kappa shape index (κ1) is 8.04. The van der Waals surface area contributed by atoms with Crippen LogP contribution in [0.15, 0.2) is 12.1 Å². The van der Waals surface area contributed by atoms with Crippen LogP contribution in [0.5, 0.6) is 0 Å². The Labute approximate surface area is 84.5 Å². The number of rotatable bonds is 0. The van der Waals surface area contributed by atoms with Crippen LogP contribution in [0, 0.1) is 10.5 Å². The molecule has 0 aromatic heterocycles. The number of benzene rings is 1. The van der Waals surface area contributed by atoms with Crippen LogP contribution in [0.25, 0.3) is 0 Å². The highest BCUT2D eigenvalue weighted by atomic mass is 127. The number of hydrogen-bond donors (Lipinski definition) is 1. The van der Waals surface area contributed by atoms with E-state index in [1.54, 1.807) is 0 Å². The van der Waals surface area contributed by atoms with Crippen molar-refractivity contribution >= 4 is 28.5 Å². The Balaban J connectivity index is 2.71. The monoisotopic (exact) mass is 273 g/mol. The van der Waals surface area contributed by atoms with Crippen molar-refractivity contribution in [1.29, 1.82) is 0 Å². The Morgan fingerprint density at radius 2 is 2.25 bits per heavy atom. The van der Waals surface area contributed by atoms with Crippen molar-refractivity contribution in [1.82, 2.24) is 5.32 Å².